The van der Waals surface area contributed by atoms with E-state index in [9.17, 15) is 14.7 Å². The Bertz CT molecular complexity index is 667. The lowest BCUT2D eigenvalue weighted by molar-refractivity contribution is -0.870. The van der Waals surface area contributed by atoms with Crippen molar-refractivity contribution in [3.63, 3.8) is 0 Å². The van der Waals surface area contributed by atoms with Gasteiger partial charge in [0.15, 0.2) is 0 Å². The van der Waals surface area contributed by atoms with E-state index >= 15 is 0 Å². The standard InChI is InChI=1S/C16H27N3O5.HI/c1-11-9-18(16(22)17-15(11)21)14-8-12(13(10-20)24-14)23-7-5-6-19(2,3)4;/h9,12-14,20H,5-8,10H2,1-4H3;1H/t12-,13+,14+;/m0./s1. The predicted octanol–water partition coefficient (Wildman–Crippen LogP) is -3.39. The van der Waals surface area contributed by atoms with E-state index in [4.69, 9.17) is 9.47 Å². The van der Waals surface area contributed by atoms with Crippen LogP contribution in [0.2, 0.25) is 0 Å². The van der Waals surface area contributed by atoms with Crippen LogP contribution in [-0.4, -0.2) is 72.3 Å². The summed E-state index contributed by atoms with van der Waals surface area (Å²) in [5, 5.41) is 9.50. The van der Waals surface area contributed by atoms with Gasteiger partial charge in [0.25, 0.3) is 5.56 Å². The third-order valence-corrected chi connectivity index (χ3v) is 4.12. The summed E-state index contributed by atoms with van der Waals surface area (Å²) in [6, 6.07) is 0. The third-order valence-electron chi connectivity index (χ3n) is 4.12. The lowest BCUT2D eigenvalue weighted by atomic mass is 10.2. The normalized spacial score (nSPS) is 23.5. The maximum Gasteiger partial charge on any atom is 0.330 e. The number of hydrogen-bond donors (Lipinski definition) is 2. The van der Waals surface area contributed by atoms with Crippen molar-refractivity contribution in [2.24, 2.45) is 0 Å². The molecule has 1 saturated heterocycles. The molecular formula is C16H28IN3O5. The number of aliphatic hydroxyl groups is 1. The molecule has 9 heteroatoms. The highest BCUT2D eigenvalue weighted by Crippen LogP contribution is 2.29. The number of H-pyrrole nitrogens is 1. The SMILES string of the molecule is Cc1cn([C@H]2C[C@H](OCCC[N+](C)(C)C)[C@@H](CO)O2)c(=O)[nH]c1=O.[I-]. The Labute approximate surface area is 164 Å². The van der Waals surface area contributed by atoms with Crippen molar-refractivity contribution in [3.05, 3.63) is 32.6 Å². The van der Waals surface area contributed by atoms with Crippen molar-refractivity contribution in [1.82, 2.24) is 9.55 Å². The maximum atomic E-state index is 12.0. The molecule has 144 valence electrons. The fourth-order valence-corrected chi connectivity index (χ4v) is 2.78. The molecule has 0 aliphatic carbocycles. The van der Waals surface area contributed by atoms with Gasteiger partial charge < -0.3 is 43.0 Å². The molecule has 1 aromatic rings. The van der Waals surface area contributed by atoms with Crippen LogP contribution in [0.1, 0.15) is 24.6 Å². The Kier molecular flexibility index (Phi) is 8.26. The molecule has 0 unspecified atom stereocenters. The smallest absolute Gasteiger partial charge is 0.330 e. The van der Waals surface area contributed by atoms with E-state index in [1.807, 2.05) is 0 Å². The monoisotopic (exact) mass is 469 g/mol. The first kappa shape index (κ1) is 22.3. The van der Waals surface area contributed by atoms with E-state index in [2.05, 4.69) is 26.1 Å². The first-order chi connectivity index (χ1) is 11.2. The van der Waals surface area contributed by atoms with Crippen LogP contribution in [0, 0.1) is 6.92 Å². The number of halogens is 1. The molecule has 1 aliphatic heterocycles. The molecule has 0 radical (unpaired) electrons. The minimum absolute atomic E-state index is 0. The summed E-state index contributed by atoms with van der Waals surface area (Å²) < 4.78 is 13.8. The molecule has 0 spiro atoms. The van der Waals surface area contributed by atoms with E-state index in [0.29, 0.717) is 18.6 Å². The van der Waals surface area contributed by atoms with Crippen LogP contribution in [0.3, 0.4) is 0 Å². The molecule has 1 fully saturated rings. The molecule has 0 aromatic carbocycles. The average molecular weight is 469 g/mol. The molecule has 0 amide bonds. The van der Waals surface area contributed by atoms with Crippen molar-refractivity contribution in [1.29, 1.82) is 0 Å². The van der Waals surface area contributed by atoms with Crippen molar-refractivity contribution < 1.29 is 43.0 Å². The van der Waals surface area contributed by atoms with Gasteiger partial charge in [-0.1, -0.05) is 0 Å². The van der Waals surface area contributed by atoms with E-state index in [1.165, 1.54) is 10.8 Å². The zero-order chi connectivity index (χ0) is 17.9. The van der Waals surface area contributed by atoms with Crippen molar-refractivity contribution >= 4 is 0 Å². The zero-order valence-electron chi connectivity index (χ0n) is 15.2. The minimum Gasteiger partial charge on any atom is -1.00 e. The van der Waals surface area contributed by atoms with Crippen LogP contribution in [0.15, 0.2) is 15.8 Å². The average Bonchev–Trinajstić information content (AvgIpc) is 2.89. The van der Waals surface area contributed by atoms with Crippen LogP contribution < -0.4 is 35.2 Å². The number of aryl methyl sites for hydroxylation is 1. The van der Waals surface area contributed by atoms with Gasteiger partial charge in [0.05, 0.1) is 47.0 Å². The second kappa shape index (κ2) is 9.26. The number of aromatic amines is 1. The lowest BCUT2D eigenvalue weighted by Crippen LogP contribution is -3.00. The minimum atomic E-state index is -0.548. The van der Waals surface area contributed by atoms with Gasteiger partial charge in [-0.2, -0.15) is 0 Å². The number of aliphatic hydroxyl groups excluding tert-OH is 1. The molecule has 2 N–H and O–H groups in total. The molecule has 8 nitrogen and oxygen atoms in total. The number of rotatable bonds is 7. The molecule has 1 aromatic heterocycles. The number of nitrogens with zero attached hydrogens (tertiary/aromatic N) is 2. The molecule has 3 atom stereocenters. The Morgan fingerprint density at radius 1 is 1.40 bits per heavy atom. The largest absolute Gasteiger partial charge is 1.00 e. The van der Waals surface area contributed by atoms with Gasteiger partial charge in [-0.15, -0.1) is 0 Å². The van der Waals surface area contributed by atoms with Crippen molar-refractivity contribution in [3.8, 4) is 0 Å². The van der Waals surface area contributed by atoms with E-state index in [1.54, 1.807) is 6.92 Å². The Hall–Kier alpha value is -0.750. The van der Waals surface area contributed by atoms with Crippen molar-refractivity contribution in [2.75, 3.05) is 40.9 Å². The molecular weight excluding hydrogens is 441 g/mol. The van der Waals surface area contributed by atoms with Crippen molar-refractivity contribution in [2.45, 2.75) is 38.2 Å². The summed E-state index contributed by atoms with van der Waals surface area (Å²) in [5.74, 6) is 0. The van der Waals surface area contributed by atoms with Crippen LogP contribution >= 0.6 is 0 Å². The highest BCUT2D eigenvalue weighted by atomic mass is 127. The van der Waals surface area contributed by atoms with Gasteiger partial charge in [-0.3, -0.25) is 14.3 Å². The number of nitrogens with one attached hydrogen (secondary N) is 1. The van der Waals surface area contributed by atoms with Gasteiger partial charge >= 0.3 is 5.69 Å². The van der Waals surface area contributed by atoms with Crippen LogP contribution in [0.25, 0.3) is 0 Å². The quantitative estimate of drug-likeness (QED) is 0.247. The Balaban J connectivity index is 0.00000312. The molecule has 2 rings (SSSR count). The number of quaternary nitrogens is 1. The second-order valence-corrected chi connectivity index (χ2v) is 7.30. The number of aromatic nitrogens is 2. The Morgan fingerprint density at radius 2 is 2.08 bits per heavy atom. The first-order valence-corrected chi connectivity index (χ1v) is 8.21. The fraction of sp³-hybridized carbons (Fsp3) is 0.750. The van der Waals surface area contributed by atoms with Gasteiger partial charge in [0.2, 0.25) is 0 Å². The maximum absolute atomic E-state index is 12.0. The molecule has 0 saturated carbocycles. The van der Waals surface area contributed by atoms with Crippen LogP contribution in [-0.2, 0) is 9.47 Å². The molecule has 0 bridgehead atoms. The van der Waals surface area contributed by atoms with Crippen LogP contribution in [0.5, 0.6) is 0 Å². The lowest BCUT2D eigenvalue weighted by Gasteiger charge is -2.24. The summed E-state index contributed by atoms with van der Waals surface area (Å²) in [6.45, 7) is 3.02. The molecule has 25 heavy (non-hydrogen) atoms. The topological polar surface area (TPSA) is 93.6 Å². The van der Waals surface area contributed by atoms with Crippen LogP contribution in [0.4, 0.5) is 0 Å². The zero-order valence-corrected chi connectivity index (χ0v) is 17.4. The van der Waals surface area contributed by atoms with Gasteiger partial charge in [-0.05, 0) is 6.92 Å². The molecule has 1 aliphatic rings. The van der Waals surface area contributed by atoms with E-state index in [-0.39, 0.29) is 36.7 Å². The number of ether oxygens (including phenoxy) is 2. The fourth-order valence-electron chi connectivity index (χ4n) is 2.78. The van der Waals surface area contributed by atoms with Gasteiger partial charge in [0.1, 0.15) is 12.3 Å². The number of hydrogen-bond acceptors (Lipinski definition) is 5. The summed E-state index contributed by atoms with van der Waals surface area (Å²) in [4.78, 5) is 25.7. The summed E-state index contributed by atoms with van der Waals surface area (Å²) in [7, 11) is 6.36. The summed E-state index contributed by atoms with van der Waals surface area (Å²) in [5.41, 5.74) is -0.481. The first-order valence-electron chi connectivity index (χ1n) is 8.21. The Morgan fingerprint density at radius 3 is 2.68 bits per heavy atom. The highest BCUT2D eigenvalue weighted by molar-refractivity contribution is 5.02. The van der Waals surface area contributed by atoms with Gasteiger partial charge in [-0.25, -0.2) is 4.79 Å². The van der Waals surface area contributed by atoms with E-state index in [0.717, 1.165) is 17.4 Å². The predicted molar refractivity (Wildman–Crippen MR) is 88.9 cm³/mol. The summed E-state index contributed by atoms with van der Waals surface area (Å²) >= 11 is 0. The van der Waals surface area contributed by atoms with E-state index < -0.39 is 23.6 Å². The second-order valence-electron chi connectivity index (χ2n) is 7.30. The highest BCUT2D eigenvalue weighted by Gasteiger charge is 2.37. The third kappa shape index (κ3) is 6.17. The molecule has 2 heterocycles. The van der Waals surface area contributed by atoms with Gasteiger partial charge in [0, 0.05) is 24.6 Å². The summed E-state index contributed by atoms with van der Waals surface area (Å²) in [6.07, 6.45) is 1.56.